The number of hydrogen-bond donors (Lipinski definition) is 1. The van der Waals surface area contributed by atoms with Crippen LogP contribution >= 0.6 is 0 Å². The van der Waals surface area contributed by atoms with E-state index in [1.807, 2.05) is 0 Å². The molecule has 0 aliphatic rings. The van der Waals surface area contributed by atoms with E-state index in [1.165, 1.54) is 17.1 Å². The Hall–Kier alpha value is -1.65. The summed E-state index contributed by atoms with van der Waals surface area (Å²) in [6.45, 7) is 1.75. The lowest BCUT2D eigenvalue weighted by atomic mass is 10.4. The molecule has 1 aromatic rings. The zero-order valence-corrected chi connectivity index (χ0v) is 6.85. The van der Waals surface area contributed by atoms with Gasteiger partial charge in [0.15, 0.2) is 0 Å². The molecule has 0 unspecified atom stereocenters. The van der Waals surface area contributed by atoms with Crippen LogP contribution in [0.1, 0.15) is 17.3 Å². The van der Waals surface area contributed by atoms with Crippen LogP contribution in [-0.4, -0.2) is 33.7 Å². The summed E-state index contributed by atoms with van der Waals surface area (Å²) in [6, 6.07) is 0. The van der Waals surface area contributed by atoms with Gasteiger partial charge in [0.05, 0.1) is 11.8 Å². The van der Waals surface area contributed by atoms with Crippen molar-refractivity contribution < 1.29 is 9.90 Å². The van der Waals surface area contributed by atoms with E-state index in [0.717, 1.165) is 0 Å². The van der Waals surface area contributed by atoms with Crippen molar-refractivity contribution >= 4 is 11.8 Å². The molecule has 0 fully saturated rings. The van der Waals surface area contributed by atoms with Gasteiger partial charge in [-0.05, 0) is 6.92 Å². The van der Waals surface area contributed by atoms with E-state index in [0.29, 0.717) is 5.84 Å². The normalized spacial score (nSPS) is 11.7. The van der Waals surface area contributed by atoms with E-state index in [1.54, 1.807) is 14.0 Å². The van der Waals surface area contributed by atoms with Crippen LogP contribution in [0.5, 0.6) is 0 Å². The standard InChI is InChI=1S/C7H9N3O2/c1-5(8-2)10-4-6(3-9-10)7(11)12/h3-4H,1-2H3,(H,11,12). The molecule has 0 saturated heterocycles. The Labute approximate surface area is 69.3 Å². The van der Waals surface area contributed by atoms with Crippen molar-refractivity contribution in [3.8, 4) is 0 Å². The lowest BCUT2D eigenvalue weighted by Crippen LogP contribution is -2.07. The number of carboxylic acids is 1. The van der Waals surface area contributed by atoms with E-state index in [-0.39, 0.29) is 5.56 Å². The van der Waals surface area contributed by atoms with Gasteiger partial charge in [-0.1, -0.05) is 0 Å². The van der Waals surface area contributed by atoms with Gasteiger partial charge in [-0.3, -0.25) is 4.99 Å². The first kappa shape index (κ1) is 8.45. The lowest BCUT2D eigenvalue weighted by molar-refractivity contribution is 0.0697. The van der Waals surface area contributed by atoms with Gasteiger partial charge in [0.25, 0.3) is 0 Å². The van der Waals surface area contributed by atoms with Gasteiger partial charge >= 0.3 is 5.97 Å². The Balaban J connectivity index is 2.99. The van der Waals surface area contributed by atoms with Crippen molar-refractivity contribution in [2.75, 3.05) is 7.05 Å². The van der Waals surface area contributed by atoms with Crippen LogP contribution in [0.2, 0.25) is 0 Å². The van der Waals surface area contributed by atoms with Crippen LogP contribution in [0.15, 0.2) is 17.4 Å². The molecule has 0 spiro atoms. The number of aromatic carboxylic acids is 1. The molecule has 1 N–H and O–H groups in total. The third kappa shape index (κ3) is 1.50. The number of aromatic nitrogens is 2. The van der Waals surface area contributed by atoms with Gasteiger partial charge in [0.1, 0.15) is 5.84 Å². The highest BCUT2D eigenvalue weighted by molar-refractivity contribution is 5.89. The summed E-state index contributed by atoms with van der Waals surface area (Å²) in [5.74, 6) is -0.326. The number of carboxylic acid groups (broad SMARTS) is 1. The predicted molar refractivity (Wildman–Crippen MR) is 43.6 cm³/mol. The van der Waals surface area contributed by atoms with Crippen LogP contribution in [0.3, 0.4) is 0 Å². The topological polar surface area (TPSA) is 67.5 Å². The molecule has 0 aliphatic carbocycles. The highest BCUT2D eigenvalue weighted by atomic mass is 16.4. The van der Waals surface area contributed by atoms with Gasteiger partial charge in [0, 0.05) is 13.2 Å². The van der Waals surface area contributed by atoms with Crippen LogP contribution in [0, 0.1) is 0 Å². The maximum atomic E-state index is 10.4. The molecular weight excluding hydrogens is 158 g/mol. The highest BCUT2D eigenvalue weighted by Crippen LogP contribution is 1.96. The largest absolute Gasteiger partial charge is 0.478 e. The number of nitrogens with zero attached hydrogens (tertiary/aromatic N) is 3. The van der Waals surface area contributed by atoms with Crippen LogP contribution in [-0.2, 0) is 0 Å². The molecule has 0 aliphatic heterocycles. The van der Waals surface area contributed by atoms with Gasteiger partial charge < -0.3 is 5.11 Å². The molecule has 0 atom stereocenters. The monoisotopic (exact) mass is 167 g/mol. The summed E-state index contributed by atoms with van der Waals surface area (Å²) < 4.78 is 1.42. The number of rotatable bonds is 1. The van der Waals surface area contributed by atoms with Crippen molar-refractivity contribution in [2.24, 2.45) is 4.99 Å². The third-order valence-corrected chi connectivity index (χ3v) is 1.48. The summed E-state index contributed by atoms with van der Waals surface area (Å²) in [6.07, 6.45) is 2.71. The van der Waals surface area contributed by atoms with Crippen LogP contribution in [0.25, 0.3) is 0 Å². The van der Waals surface area contributed by atoms with Crippen molar-refractivity contribution in [2.45, 2.75) is 6.92 Å². The Bertz CT molecular complexity index is 327. The minimum Gasteiger partial charge on any atom is -0.478 e. The van der Waals surface area contributed by atoms with Crippen molar-refractivity contribution in [3.05, 3.63) is 18.0 Å². The number of aliphatic imine (C=N–C) groups is 1. The average Bonchev–Trinajstić information content (AvgIpc) is 2.51. The van der Waals surface area contributed by atoms with E-state index < -0.39 is 5.97 Å². The van der Waals surface area contributed by atoms with Crippen molar-refractivity contribution in [1.82, 2.24) is 9.78 Å². The van der Waals surface area contributed by atoms with Gasteiger partial charge in [-0.15, -0.1) is 0 Å². The maximum Gasteiger partial charge on any atom is 0.338 e. The third-order valence-electron chi connectivity index (χ3n) is 1.48. The minimum absolute atomic E-state index is 0.165. The molecule has 1 heterocycles. The van der Waals surface area contributed by atoms with E-state index in [2.05, 4.69) is 10.1 Å². The molecule has 0 saturated carbocycles. The summed E-state index contributed by atoms with van der Waals surface area (Å²) in [7, 11) is 1.62. The first-order valence-corrected chi connectivity index (χ1v) is 3.37. The summed E-state index contributed by atoms with van der Waals surface area (Å²) in [5, 5.41) is 12.4. The van der Waals surface area contributed by atoms with Gasteiger partial charge in [0.2, 0.25) is 0 Å². The Morgan fingerprint density at radius 1 is 1.75 bits per heavy atom. The van der Waals surface area contributed by atoms with E-state index in [4.69, 9.17) is 5.11 Å². The SMILES string of the molecule is CN=C(C)n1cc(C(=O)O)cn1. The molecule has 0 amide bonds. The number of hydrogen-bond acceptors (Lipinski definition) is 3. The summed E-state index contributed by atoms with van der Waals surface area (Å²) in [4.78, 5) is 14.3. The van der Waals surface area contributed by atoms with E-state index >= 15 is 0 Å². The quantitative estimate of drug-likeness (QED) is 0.488. The second-order valence-electron chi connectivity index (χ2n) is 2.25. The second kappa shape index (κ2) is 3.17. The highest BCUT2D eigenvalue weighted by Gasteiger charge is 2.06. The predicted octanol–water partition coefficient (Wildman–Crippen LogP) is 0.478. The molecule has 1 aromatic heterocycles. The first-order chi connectivity index (χ1) is 5.65. The fourth-order valence-electron chi connectivity index (χ4n) is 0.713. The van der Waals surface area contributed by atoms with Gasteiger partial charge in [-0.25, -0.2) is 9.48 Å². The van der Waals surface area contributed by atoms with Gasteiger partial charge in [-0.2, -0.15) is 5.10 Å². The molecule has 1 rings (SSSR count). The zero-order chi connectivity index (χ0) is 9.14. The molecule has 5 nitrogen and oxygen atoms in total. The Morgan fingerprint density at radius 2 is 2.42 bits per heavy atom. The van der Waals surface area contributed by atoms with Crippen LogP contribution in [0.4, 0.5) is 0 Å². The molecule has 64 valence electrons. The number of carbonyl (C=O) groups is 1. The molecule has 0 radical (unpaired) electrons. The lowest BCUT2D eigenvalue weighted by Gasteiger charge is -1.95. The Morgan fingerprint density at radius 3 is 2.83 bits per heavy atom. The molecule has 12 heavy (non-hydrogen) atoms. The van der Waals surface area contributed by atoms with Crippen molar-refractivity contribution in [1.29, 1.82) is 0 Å². The fourth-order valence-corrected chi connectivity index (χ4v) is 0.713. The molecular formula is C7H9N3O2. The maximum absolute atomic E-state index is 10.4. The van der Waals surface area contributed by atoms with Crippen molar-refractivity contribution in [3.63, 3.8) is 0 Å². The molecule has 5 heteroatoms. The Kier molecular flexibility index (Phi) is 2.23. The van der Waals surface area contributed by atoms with Crippen LogP contribution < -0.4 is 0 Å². The zero-order valence-electron chi connectivity index (χ0n) is 6.85. The smallest absolute Gasteiger partial charge is 0.338 e. The summed E-state index contributed by atoms with van der Waals surface area (Å²) in [5.41, 5.74) is 0.165. The average molecular weight is 167 g/mol. The molecule has 0 bridgehead atoms. The molecule has 0 aromatic carbocycles. The fraction of sp³-hybridized carbons (Fsp3) is 0.286. The summed E-state index contributed by atoms with van der Waals surface area (Å²) >= 11 is 0. The van der Waals surface area contributed by atoms with E-state index in [9.17, 15) is 4.79 Å². The minimum atomic E-state index is -0.981. The first-order valence-electron chi connectivity index (χ1n) is 3.37. The second-order valence-corrected chi connectivity index (χ2v) is 2.25.